The third-order valence-electron chi connectivity index (χ3n) is 2.57. The molecule has 0 spiro atoms. The molecule has 0 saturated carbocycles. The van der Waals surface area contributed by atoms with Gasteiger partial charge in [0.05, 0.1) is 6.21 Å². The van der Waals surface area contributed by atoms with E-state index in [2.05, 4.69) is 21.1 Å². The fraction of sp³-hybridized carbons (Fsp3) is 0.0714. The van der Waals surface area contributed by atoms with Crippen molar-refractivity contribution in [3.63, 3.8) is 0 Å². The van der Waals surface area contributed by atoms with Gasteiger partial charge in [-0.2, -0.15) is 0 Å². The average molecular weight is 375 g/mol. The van der Waals surface area contributed by atoms with Gasteiger partial charge in [0.25, 0.3) is 0 Å². The molecule has 2 aromatic rings. The molecule has 0 fully saturated rings. The van der Waals surface area contributed by atoms with E-state index in [4.69, 9.17) is 33.1 Å². The maximum atomic E-state index is 8.66. The maximum Gasteiger partial charge on any atom is 0.128 e. The second-order valence-corrected chi connectivity index (χ2v) is 5.71. The number of halogens is 3. The number of benzene rings is 2. The summed E-state index contributed by atoms with van der Waals surface area (Å²) in [5.41, 5.74) is 1.48. The summed E-state index contributed by atoms with van der Waals surface area (Å²) in [7, 11) is 0. The standard InChI is InChI=1S/C14H10BrCl2NO2/c15-11-2-4-14(10(5-11)7-18-19)20-8-9-1-3-12(16)6-13(9)17/h1-7,19H,8H2/b18-7-. The van der Waals surface area contributed by atoms with Crippen molar-refractivity contribution in [1.29, 1.82) is 0 Å². The van der Waals surface area contributed by atoms with E-state index in [0.717, 1.165) is 10.0 Å². The Balaban J connectivity index is 2.18. The number of hydrogen-bond acceptors (Lipinski definition) is 3. The van der Waals surface area contributed by atoms with E-state index >= 15 is 0 Å². The van der Waals surface area contributed by atoms with E-state index in [1.165, 1.54) is 6.21 Å². The normalized spacial score (nSPS) is 10.9. The van der Waals surface area contributed by atoms with Gasteiger partial charge in [0.15, 0.2) is 0 Å². The highest BCUT2D eigenvalue weighted by atomic mass is 79.9. The molecule has 0 aromatic heterocycles. The average Bonchev–Trinajstić information content (AvgIpc) is 2.40. The van der Waals surface area contributed by atoms with Crippen LogP contribution in [-0.4, -0.2) is 11.4 Å². The molecular formula is C14H10BrCl2NO2. The maximum absolute atomic E-state index is 8.66. The van der Waals surface area contributed by atoms with Crippen LogP contribution in [0.25, 0.3) is 0 Å². The molecule has 0 aliphatic rings. The largest absolute Gasteiger partial charge is 0.488 e. The predicted molar refractivity (Wildman–Crippen MR) is 84.3 cm³/mol. The summed E-state index contributed by atoms with van der Waals surface area (Å²) in [6.07, 6.45) is 1.31. The summed E-state index contributed by atoms with van der Waals surface area (Å²) < 4.78 is 6.57. The van der Waals surface area contributed by atoms with Crippen LogP contribution in [0.15, 0.2) is 46.0 Å². The number of ether oxygens (including phenoxy) is 1. The molecule has 0 atom stereocenters. The molecule has 0 heterocycles. The van der Waals surface area contributed by atoms with E-state index in [1.54, 1.807) is 24.3 Å². The van der Waals surface area contributed by atoms with Gasteiger partial charge in [-0.3, -0.25) is 0 Å². The van der Waals surface area contributed by atoms with E-state index in [1.807, 2.05) is 12.1 Å². The first kappa shape index (κ1) is 15.2. The van der Waals surface area contributed by atoms with Crippen molar-refractivity contribution in [3.8, 4) is 5.75 Å². The number of nitrogens with zero attached hydrogens (tertiary/aromatic N) is 1. The summed E-state index contributed by atoms with van der Waals surface area (Å²) >= 11 is 15.3. The lowest BCUT2D eigenvalue weighted by atomic mass is 10.2. The molecule has 104 valence electrons. The quantitative estimate of drug-likeness (QED) is 0.457. The van der Waals surface area contributed by atoms with Crippen molar-refractivity contribution in [2.45, 2.75) is 6.61 Å². The second kappa shape index (κ2) is 6.97. The van der Waals surface area contributed by atoms with E-state index in [0.29, 0.717) is 28.0 Å². The van der Waals surface area contributed by atoms with E-state index < -0.39 is 0 Å². The highest BCUT2D eigenvalue weighted by molar-refractivity contribution is 9.10. The second-order valence-electron chi connectivity index (χ2n) is 3.95. The highest BCUT2D eigenvalue weighted by Crippen LogP contribution is 2.25. The van der Waals surface area contributed by atoms with Crippen LogP contribution in [0.1, 0.15) is 11.1 Å². The Bertz CT molecular complexity index is 647. The summed E-state index contributed by atoms with van der Waals surface area (Å²) in [6.45, 7) is 0.296. The lowest BCUT2D eigenvalue weighted by molar-refractivity contribution is 0.304. The Morgan fingerprint density at radius 1 is 1.20 bits per heavy atom. The predicted octanol–water partition coefficient (Wildman–Crippen LogP) is 5.14. The van der Waals surface area contributed by atoms with Gasteiger partial charge in [-0.15, -0.1) is 0 Å². The summed E-state index contributed by atoms with van der Waals surface area (Å²) in [5.74, 6) is 0.594. The van der Waals surface area contributed by atoms with Crippen molar-refractivity contribution in [3.05, 3.63) is 62.0 Å². The van der Waals surface area contributed by atoms with Crippen molar-refractivity contribution < 1.29 is 9.94 Å². The van der Waals surface area contributed by atoms with E-state index in [-0.39, 0.29) is 0 Å². The number of rotatable bonds is 4. The van der Waals surface area contributed by atoms with Gasteiger partial charge in [0.2, 0.25) is 0 Å². The number of hydrogen-bond donors (Lipinski definition) is 1. The lowest BCUT2D eigenvalue weighted by Gasteiger charge is -2.10. The van der Waals surface area contributed by atoms with Crippen molar-refractivity contribution in [1.82, 2.24) is 0 Å². The number of oxime groups is 1. The summed E-state index contributed by atoms with van der Waals surface area (Å²) in [6, 6.07) is 10.6. The van der Waals surface area contributed by atoms with Crippen molar-refractivity contribution in [2.75, 3.05) is 0 Å². The Morgan fingerprint density at radius 2 is 2.00 bits per heavy atom. The molecular weight excluding hydrogens is 365 g/mol. The van der Waals surface area contributed by atoms with Gasteiger partial charge in [-0.25, -0.2) is 0 Å². The molecule has 0 aliphatic carbocycles. The van der Waals surface area contributed by atoms with Gasteiger partial charge >= 0.3 is 0 Å². The molecule has 0 unspecified atom stereocenters. The first-order valence-electron chi connectivity index (χ1n) is 5.64. The molecule has 0 aliphatic heterocycles. The van der Waals surface area contributed by atoms with Crippen LogP contribution in [0.3, 0.4) is 0 Å². The van der Waals surface area contributed by atoms with Crippen LogP contribution in [0, 0.1) is 0 Å². The SMILES string of the molecule is O/N=C\c1cc(Br)ccc1OCc1ccc(Cl)cc1Cl. The lowest BCUT2D eigenvalue weighted by Crippen LogP contribution is -1.99. The molecule has 2 aromatic carbocycles. The van der Waals surface area contributed by atoms with Gasteiger partial charge in [0, 0.05) is 25.6 Å². The zero-order chi connectivity index (χ0) is 14.5. The third-order valence-corrected chi connectivity index (χ3v) is 3.65. The molecule has 0 radical (unpaired) electrons. The van der Waals surface area contributed by atoms with Crippen molar-refractivity contribution in [2.24, 2.45) is 5.16 Å². The van der Waals surface area contributed by atoms with Gasteiger partial charge in [-0.05, 0) is 30.3 Å². The van der Waals surface area contributed by atoms with Crippen LogP contribution in [0.5, 0.6) is 5.75 Å². The van der Waals surface area contributed by atoms with E-state index in [9.17, 15) is 0 Å². The monoisotopic (exact) mass is 373 g/mol. The summed E-state index contributed by atoms with van der Waals surface area (Å²) in [5, 5.41) is 12.8. The molecule has 20 heavy (non-hydrogen) atoms. The van der Waals surface area contributed by atoms with Crippen LogP contribution in [0.4, 0.5) is 0 Å². The third kappa shape index (κ3) is 3.88. The first-order chi connectivity index (χ1) is 9.60. The molecule has 3 nitrogen and oxygen atoms in total. The minimum atomic E-state index is 0.296. The molecule has 2 rings (SSSR count). The molecule has 6 heteroatoms. The fourth-order valence-electron chi connectivity index (χ4n) is 1.61. The Hall–Kier alpha value is -1.23. The van der Waals surface area contributed by atoms with Crippen LogP contribution in [0.2, 0.25) is 10.0 Å². The minimum absolute atomic E-state index is 0.296. The van der Waals surface area contributed by atoms with Gasteiger partial charge < -0.3 is 9.94 Å². The topological polar surface area (TPSA) is 41.8 Å². The minimum Gasteiger partial charge on any atom is -0.488 e. The first-order valence-corrected chi connectivity index (χ1v) is 7.19. The Kier molecular flexibility index (Phi) is 5.29. The Morgan fingerprint density at radius 3 is 2.70 bits per heavy atom. The molecule has 0 amide bonds. The summed E-state index contributed by atoms with van der Waals surface area (Å²) in [4.78, 5) is 0. The van der Waals surface area contributed by atoms with Crippen LogP contribution in [-0.2, 0) is 6.61 Å². The van der Waals surface area contributed by atoms with Crippen LogP contribution < -0.4 is 4.74 Å². The smallest absolute Gasteiger partial charge is 0.128 e. The zero-order valence-corrected chi connectivity index (χ0v) is 13.3. The van der Waals surface area contributed by atoms with Gasteiger partial charge in [0.1, 0.15) is 12.4 Å². The van der Waals surface area contributed by atoms with Crippen LogP contribution >= 0.6 is 39.1 Å². The zero-order valence-electron chi connectivity index (χ0n) is 10.2. The molecule has 0 bridgehead atoms. The molecule has 1 N–H and O–H groups in total. The fourth-order valence-corrected chi connectivity index (χ4v) is 2.45. The highest BCUT2D eigenvalue weighted by Gasteiger charge is 2.06. The van der Waals surface area contributed by atoms with Crippen molar-refractivity contribution >= 4 is 45.3 Å². The Labute approximate surface area is 134 Å². The molecule has 0 saturated heterocycles. The van der Waals surface area contributed by atoms with Gasteiger partial charge in [-0.1, -0.05) is 50.4 Å².